The lowest BCUT2D eigenvalue weighted by Gasteiger charge is -2.08. The quantitative estimate of drug-likeness (QED) is 0.537. The van der Waals surface area contributed by atoms with Crippen molar-refractivity contribution in [1.29, 1.82) is 0 Å². The minimum Gasteiger partial charge on any atom is -0.465 e. The number of thiophene rings is 1. The Morgan fingerprint density at radius 3 is 2.95 bits per heavy atom. The van der Waals surface area contributed by atoms with Crippen LogP contribution in [0.1, 0.15) is 10.4 Å². The van der Waals surface area contributed by atoms with Crippen LogP contribution in [-0.4, -0.2) is 29.1 Å². The first-order chi connectivity index (χ1) is 10.7. The van der Waals surface area contributed by atoms with Gasteiger partial charge in [-0.05, 0) is 29.1 Å². The number of esters is 1. The fraction of sp³-hybridized carbons (Fsp3) is 0.133. The van der Waals surface area contributed by atoms with Gasteiger partial charge in [-0.3, -0.25) is 0 Å². The maximum Gasteiger partial charge on any atom is 0.340 e. The molecule has 0 amide bonds. The van der Waals surface area contributed by atoms with Crippen LogP contribution in [-0.2, 0) is 4.74 Å². The van der Waals surface area contributed by atoms with Crippen molar-refractivity contribution in [2.45, 2.75) is 0 Å². The largest absolute Gasteiger partial charge is 0.465 e. The number of halogens is 1. The second-order valence-corrected chi connectivity index (χ2v) is 5.49. The number of carbonyl (C=O) groups is 1. The number of hydrogen-bond acceptors (Lipinski definition) is 6. The number of fused-ring (bicyclic) bond motifs is 1. The fourth-order valence-electron chi connectivity index (χ4n) is 2.07. The van der Waals surface area contributed by atoms with Crippen molar-refractivity contribution in [3.8, 4) is 16.3 Å². The van der Waals surface area contributed by atoms with Gasteiger partial charge in [-0.2, -0.15) is 0 Å². The molecule has 0 saturated heterocycles. The van der Waals surface area contributed by atoms with Crippen molar-refractivity contribution in [3.05, 3.63) is 41.4 Å². The maximum absolute atomic E-state index is 12.1. The number of aromatic nitrogens is 2. The van der Waals surface area contributed by atoms with Crippen LogP contribution < -0.4 is 4.74 Å². The van der Waals surface area contributed by atoms with Crippen molar-refractivity contribution in [2.24, 2.45) is 0 Å². The monoisotopic (exact) mass is 334 g/mol. The van der Waals surface area contributed by atoms with E-state index < -0.39 is 5.97 Å². The second kappa shape index (κ2) is 6.29. The van der Waals surface area contributed by atoms with Crippen molar-refractivity contribution >= 4 is 39.9 Å². The number of nitrogens with zero attached hydrogens (tertiary/aromatic N) is 2. The van der Waals surface area contributed by atoms with Gasteiger partial charge in [0.25, 0.3) is 0 Å². The van der Waals surface area contributed by atoms with Crippen LogP contribution in [0.3, 0.4) is 0 Å². The first-order valence-electron chi connectivity index (χ1n) is 6.34. The van der Waals surface area contributed by atoms with E-state index in [-0.39, 0.29) is 11.9 Å². The fourth-order valence-corrected chi connectivity index (χ4v) is 2.90. The van der Waals surface area contributed by atoms with Gasteiger partial charge in [-0.25, -0.2) is 14.8 Å². The average Bonchev–Trinajstić information content (AvgIpc) is 3.08. The van der Waals surface area contributed by atoms with Crippen LogP contribution in [0.4, 0.5) is 0 Å². The van der Waals surface area contributed by atoms with E-state index in [2.05, 4.69) is 9.97 Å². The zero-order valence-electron chi connectivity index (χ0n) is 11.6. The molecule has 0 radical (unpaired) electrons. The predicted octanol–water partition coefficient (Wildman–Crippen LogP) is 3.72. The molecule has 0 saturated carbocycles. The van der Waals surface area contributed by atoms with Gasteiger partial charge >= 0.3 is 5.97 Å². The van der Waals surface area contributed by atoms with Gasteiger partial charge in [0.15, 0.2) is 6.07 Å². The first-order valence-corrected chi connectivity index (χ1v) is 7.76. The van der Waals surface area contributed by atoms with Crippen molar-refractivity contribution in [3.63, 3.8) is 0 Å². The Balaban J connectivity index is 2.23. The Morgan fingerprint density at radius 2 is 2.27 bits per heavy atom. The van der Waals surface area contributed by atoms with E-state index in [9.17, 15) is 4.79 Å². The summed E-state index contributed by atoms with van der Waals surface area (Å²) in [5.41, 5.74) is 2.25. The van der Waals surface area contributed by atoms with Crippen LogP contribution in [0.2, 0.25) is 0 Å². The van der Waals surface area contributed by atoms with Gasteiger partial charge in [0, 0.05) is 4.88 Å². The maximum atomic E-state index is 12.1. The first kappa shape index (κ1) is 14.7. The average molecular weight is 335 g/mol. The molecule has 7 heteroatoms. The molecule has 5 nitrogen and oxygen atoms in total. The molecule has 0 aliphatic heterocycles. The Hall–Kier alpha value is -2.18. The van der Waals surface area contributed by atoms with Crippen LogP contribution >= 0.6 is 22.9 Å². The Kier molecular flexibility index (Phi) is 4.22. The summed E-state index contributed by atoms with van der Waals surface area (Å²) in [7, 11) is 1.33. The normalized spacial score (nSPS) is 10.6. The second-order valence-electron chi connectivity index (χ2n) is 4.32. The Bertz CT molecular complexity index is 821. The lowest BCUT2D eigenvalue weighted by atomic mass is 10.1. The van der Waals surface area contributed by atoms with Crippen LogP contribution in [0, 0.1) is 0 Å². The molecule has 0 aliphatic carbocycles. The summed E-state index contributed by atoms with van der Waals surface area (Å²) in [4.78, 5) is 21.7. The molecule has 3 aromatic rings. The Labute approximate surface area is 135 Å². The topological polar surface area (TPSA) is 61.3 Å². The Morgan fingerprint density at radius 1 is 1.41 bits per heavy atom. The molecule has 2 aromatic heterocycles. The van der Waals surface area contributed by atoms with Crippen molar-refractivity contribution < 1.29 is 14.3 Å². The van der Waals surface area contributed by atoms with Crippen LogP contribution in [0.25, 0.3) is 21.5 Å². The molecule has 0 N–H and O–H groups in total. The number of carbonyl (C=O) groups excluding carboxylic acids is 1. The molecule has 3 rings (SSSR count). The predicted molar refractivity (Wildman–Crippen MR) is 85.5 cm³/mol. The molecule has 0 unspecified atom stereocenters. The minimum absolute atomic E-state index is 0.0407. The summed E-state index contributed by atoms with van der Waals surface area (Å²) in [6.45, 7) is 0. The van der Waals surface area contributed by atoms with Gasteiger partial charge in [0.1, 0.15) is 5.52 Å². The number of hydrogen-bond donors (Lipinski definition) is 0. The van der Waals surface area contributed by atoms with Gasteiger partial charge < -0.3 is 9.47 Å². The molecule has 112 valence electrons. The highest BCUT2D eigenvalue weighted by atomic mass is 35.5. The highest BCUT2D eigenvalue weighted by Gasteiger charge is 2.16. The standard InChI is InChI=1S/C15H11ClN2O3S/c1-20-15(19)10-5-9(12-3-2-4-22-12)6-11-14(10)18-13(7-17-11)21-8-16/h2-7H,8H2,1H3. The molecular weight excluding hydrogens is 324 g/mol. The molecule has 1 aromatic carbocycles. The van der Waals surface area contributed by atoms with E-state index in [1.54, 1.807) is 17.4 Å². The van der Waals surface area contributed by atoms with E-state index in [4.69, 9.17) is 21.1 Å². The molecule has 22 heavy (non-hydrogen) atoms. The molecular formula is C15H11ClN2O3S. The number of benzene rings is 1. The molecule has 0 bridgehead atoms. The van der Waals surface area contributed by atoms with Crippen LogP contribution in [0.15, 0.2) is 35.8 Å². The van der Waals surface area contributed by atoms with E-state index in [1.165, 1.54) is 13.3 Å². The van der Waals surface area contributed by atoms with Crippen LogP contribution in [0.5, 0.6) is 5.88 Å². The number of rotatable bonds is 4. The van der Waals surface area contributed by atoms with E-state index >= 15 is 0 Å². The lowest BCUT2D eigenvalue weighted by Crippen LogP contribution is -2.05. The minimum atomic E-state index is -0.472. The summed E-state index contributed by atoms with van der Waals surface area (Å²) >= 11 is 7.11. The zero-order chi connectivity index (χ0) is 15.5. The van der Waals surface area contributed by atoms with Crippen molar-refractivity contribution in [2.75, 3.05) is 13.2 Å². The van der Waals surface area contributed by atoms with E-state index in [0.29, 0.717) is 16.6 Å². The third kappa shape index (κ3) is 2.75. The van der Waals surface area contributed by atoms with Gasteiger partial charge in [-0.15, -0.1) is 11.3 Å². The summed E-state index contributed by atoms with van der Waals surface area (Å²) < 4.78 is 9.97. The van der Waals surface area contributed by atoms with Gasteiger partial charge in [0.05, 0.1) is 24.4 Å². The summed E-state index contributed by atoms with van der Waals surface area (Å²) in [6.07, 6.45) is 1.48. The third-order valence-corrected chi connectivity index (χ3v) is 4.07. The molecule has 0 atom stereocenters. The third-order valence-electron chi connectivity index (χ3n) is 3.04. The zero-order valence-corrected chi connectivity index (χ0v) is 13.1. The smallest absolute Gasteiger partial charge is 0.340 e. The highest BCUT2D eigenvalue weighted by Crippen LogP contribution is 2.30. The highest BCUT2D eigenvalue weighted by molar-refractivity contribution is 7.13. The number of alkyl halides is 1. The summed E-state index contributed by atoms with van der Waals surface area (Å²) in [5, 5.41) is 1.97. The summed E-state index contributed by atoms with van der Waals surface area (Å²) in [6, 6.07) is 7.52. The van der Waals surface area contributed by atoms with Crippen molar-refractivity contribution in [1.82, 2.24) is 9.97 Å². The lowest BCUT2D eigenvalue weighted by molar-refractivity contribution is 0.0603. The summed E-state index contributed by atoms with van der Waals surface area (Å²) in [5.74, 6) is -0.211. The SMILES string of the molecule is COC(=O)c1cc(-c2cccs2)cc2ncc(OCCl)nc12. The van der Waals surface area contributed by atoms with E-state index in [1.807, 2.05) is 23.6 Å². The van der Waals surface area contributed by atoms with E-state index in [0.717, 1.165) is 10.4 Å². The number of methoxy groups -OCH3 is 1. The molecule has 0 fully saturated rings. The van der Waals surface area contributed by atoms with Gasteiger partial charge in [-0.1, -0.05) is 17.7 Å². The molecule has 2 heterocycles. The molecule has 0 spiro atoms. The number of ether oxygens (including phenoxy) is 2. The van der Waals surface area contributed by atoms with Gasteiger partial charge in [0.2, 0.25) is 5.88 Å². The molecule has 0 aliphatic rings.